The van der Waals surface area contributed by atoms with E-state index in [1.807, 2.05) is 18.2 Å². The van der Waals surface area contributed by atoms with Crippen molar-refractivity contribution in [3.05, 3.63) is 54.2 Å². The molecule has 2 amide bonds. The molecule has 146 valence electrons. The zero-order valence-electron chi connectivity index (χ0n) is 15.8. The summed E-state index contributed by atoms with van der Waals surface area (Å²) in [7, 11) is 2.91. The number of nitrogens with zero attached hydrogens (tertiary/aromatic N) is 3. The van der Waals surface area contributed by atoms with Gasteiger partial charge in [0.25, 0.3) is 11.8 Å². The molecule has 0 radical (unpaired) electrons. The van der Waals surface area contributed by atoms with Crippen molar-refractivity contribution in [3.63, 3.8) is 0 Å². The van der Waals surface area contributed by atoms with E-state index in [0.29, 0.717) is 36.3 Å². The molecule has 0 saturated carbocycles. The maximum absolute atomic E-state index is 13.0. The summed E-state index contributed by atoms with van der Waals surface area (Å²) < 4.78 is 5.59. The van der Waals surface area contributed by atoms with Crippen LogP contribution in [0.1, 0.15) is 23.2 Å². The summed E-state index contributed by atoms with van der Waals surface area (Å²) in [6.07, 6.45) is 6.28. The molecular weight excluding hydrogens is 360 g/mol. The largest absolute Gasteiger partial charge is 0.463 e. The number of carbonyl (C=O) groups is 2. The van der Waals surface area contributed by atoms with Crippen molar-refractivity contribution in [2.24, 2.45) is 0 Å². The van der Waals surface area contributed by atoms with Crippen molar-refractivity contribution < 1.29 is 19.2 Å². The normalized spacial score (nSPS) is 16.9. The van der Waals surface area contributed by atoms with E-state index in [1.54, 1.807) is 30.5 Å². The predicted molar refractivity (Wildman–Crippen MR) is 102 cm³/mol. The number of ether oxygens (including phenoxy) is 1. The molecule has 0 fully saturated rings. The molecule has 2 aromatic rings. The van der Waals surface area contributed by atoms with Crippen LogP contribution in [0.25, 0.3) is 11.3 Å². The molecule has 8 heteroatoms. The molecule has 0 spiro atoms. The number of hydrogen-bond acceptors (Lipinski definition) is 6. The van der Waals surface area contributed by atoms with E-state index in [2.05, 4.69) is 15.3 Å². The fourth-order valence-electron chi connectivity index (χ4n) is 2.80. The lowest BCUT2D eigenvalue weighted by atomic mass is 10.0. The molecule has 8 nitrogen and oxygen atoms in total. The first-order valence-electron chi connectivity index (χ1n) is 8.93. The van der Waals surface area contributed by atoms with Gasteiger partial charge in [-0.05, 0) is 25.0 Å². The van der Waals surface area contributed by atoms with Crippen LogP contribution >= 0.6 is 0 Å². The molecule has 0 aliphatic carbocycles. The summed E-state index contributed by atoms with van der Waals surface area (Å²) in [5.74, 6) is -0.712. The Morgan fingerprint density at radius 1 is 1.25 bits per heavy atom. The number of hydrogen-bond donors (Lipinski definition) is 1. The van der Waals surface area contributed by atoms with Crippen LogP contribution in [0.5, 0.6) is 6.01 Å². The summed E-state index contributed by atoms with van der Waals surface area (Å²) in [5.41, 5.74) is 1.61. The first-order chi connectivity index (χ1) is 13.6. The Labute approximate surface area is 163 Å². The van der Waals surface area contributed by atoms with Crippen LogP contribution in [0.15, 0.2) is 48.7 Å². The summed E-state index contributed by atoms with van der Waals surface area (Å²) in [6, 6.07) is 8.28. The Hall–Kier alpha value is -3.26. The number of likely N-dealkylation sites (N-methyl/N-ethyl adjacent to an activating group) is 1. The zero-order valence-corrected chi connectivity index (χ0v) is 15.8. The molecule has 0 unspecified atom stereocenters. The number of benzene rings is 1. The predicted octanol–water partition coefficient (Wildman–Crippen LogP) is 1.99. The van der Waals surface area contributed by atoms with Crippen LogP contribution in [0.3, 0.4) is 0 Å². The number of carbonyl (C=O) groups excluding carboxylic acids is 2. The molecule has 1 aromatic heterocycles. The third-order valence-electron chi connectivity index (χ3n) is 4.32. The van der Waals surface area contributed by atoms with Gasteiger partial charge in [0.15, 0.2) is 0 Å². The number of fused-ring (bicyclic) bond motifs is 4. The highest BCUT2D eigenvalue weighted by Crippen LogP contribution is 2.23. The third-order valence-corrected chi connectivity index (χ3v) is 4.32. The van der Waals surface area contributed by atoms with E-state index >= 15 is 0 Å². The van der Waals surface area contributed by atoms with Crippen molar-refractivity contribution in [1.82, 2.24) is 20.3 Å². The van der Waals surface area contributed by atoms with Crippen molar-refractivity contribution >= 4 is 11.8 Å². The third kappa shape index (κ3) is 4.52. The van der Waals surface area contributed by atoms with Crippen molar-refractivity contribution in [2.75, 3.05) is 20.8 Å². The van der Waals surface area contributed by atoms with Gasteiger partial charge in [0, 0.05) is 24.4 Å². The average molecular weight is 382 g/mol. The number of nitrogens with one attached hydrogen (secondary N) is 1. The molecule has 28 heavy (non-hydrogen) atoms. The Morgan fingerprint density at radius 3 is 2.82 bits per heavy atom. The maximum Gasteiger partial charge on any atom is 0.316 e. The Bertz CT molecular complexity index is 884. The fraction of sp³-hybridized carbons (Fsp3) is 0.300. The molecule has 2 bridgehead atoms. The minimum Gasteiger partial charge on any atom is -0.463 e. The van der Waals surface area contributed by atoms with Crippen LogP contribution < -0.4 is 10.1 Å². The van der Waals surface area contributed by atoms with Crippen LogP contribution in [0, 0.1) is 0 Å². The van der Waals surface area contributed by atoms with E-state index in [-0.39, 0.29) is 17.8 Å². The van der Waals surface area contributed by atoms with Gasteiger partial charge >= 0.3 is 6.01 Å². The second kappa shape index (κ2) is 9.09. The molecule has 3 rings (SSSR count). The molecule has 2 heterocycles. The minimum absolute atomic E-state index is 0.257. The first-order valence-corrected chi connectivity index (χ1v) is 8.93. The van der Waals surface area contributed by atoms with Gasteiger partial charge < -0.3 is 10.1 Å². The standard InChI is InChI=1S/C20H22N4O4/c1-24(27-2)19(26)17-10-4-3-7-13-28-20-21-12-11-16(23-20)14-8-5-6-9-15(14)18(25)22-17/h3-6,8-9,11-12,17H,7,10,13H2,1-2H3,(H,22,25)/t17-/m0/s1. The van der Waals surface area contributed by atoms with Crippen LogP contribution in [-0.4, -0.2) is 53.7 Å². The van der Waals surface area contributed by atoms with Crippen molar-refractivity contribution in [2.45, 2.75) is 18.9 Å². The lowest BCUT2D eigenvalue weighted by Gasteiger charge is -2.22. The summed E-state index contributed by atoms with van der Waals surface area (Å²) in [6.45, 7) is 0.407. The molecule has 1 atom stereocenters. The van der Waals surface area contributed by atoms with Gasteiger partial charge in [0.05, 0.1) is 19.4 Å². The average Bonchev–Trinajstić information content (AvgIpc) is 2.73. The topological polar surface area (TPSA) is 93.7 Å². The Kier molecular flexibility index (Phi) is 6.33. The quantitative estimate of drug-likeness (QED) is 0.631. The van der Waals surface area contributed by atoms with Gasteiger partial charge in [0.2, 0.25) is 0 Å². The van der Waals surface area contributed by atoms with E-state index in [9.17, 15) is 9.59 Å². The summed E-state index contributed by atoms with van der Waals surface area (Å²) in [4.78, 5) is 39.0. The maximum atomic E-state index is 13.0. The number of hydroxylamine groups is 2. The highest BCUT2D eigenvalue weighted by molar-refractivity contribution is 6.02. The van der Waals surface area contributed by atoms with E-state index in [0.717, 1.165) is 5.06 Å². The second-order valence-electron chi connectivity index (χ2n) is 6.16. The zero-order chi connectivity index (χ0) is 19.9. The van der Waals surface area contributed by atoms with Gasteiger partial charge in [-0.25, -0.2) is 10.0 Å². The number of rotatable bonds is 2. The lowest BCUT2D eigenvalue weighted by Crippen LogP contribution is -2.46. The summed E-state index contributed by atoms with van der Waals surface area (Å²) >= 11 is 0. The molecule has 1 aromatic carbocycles. The van der Waals surface area contributed by atoms with E-state index in [4.69, 9.17) is 9.57 Å². The van der Waals surface area contributed by atoms with E-state index in [1.165, 1.54) is 14.2 Å². The van der Waals surface area contributed by atoms with Gasteiger partial charge in [0.1, 0.15) is 6.04 Å². The van der Waals surface area contributed by atoms with Gasteiger partial charge in [-0.15, -0.1) is 0 Å². The SMILES string of the molecule is CON(C)C(=O)[C@@H]1CC=CCCOc2nccc(n2)-c2ccccc2C(=O)N1. The van der Waals surface area contributed by atoms with Crippen molar-refractivity contribution in [1.29, 1.82) is 0 Å². The van der Waals surface area contributed by atoms with Crippen LogP contribution in [-0.2, 0) is 9.63 Å². The smallest absolute Gasteiger partial charge is 0.316 e. The number of amides is 2. The van der Waals surface area contributed by atoms with Gasteiger partial charge in [-0.3, -0.25) is 14.4 Å². The molecule has 1 N–H and O–H groups in total. The molecule has 1 aliphatic rings. The fourth-order valence-corrected chi connectivity index (χ4v) is 2.80. The monoisotopic (exact) mass is 382 g/mol. The molecule has 1 aliphatic heterocycles. The summed E-state index contributed by atoms with van der Waals surface area (Å²) in [5, 5.41) is 3.92. The highest BCUT2D eigenvalue weighted by Gasteiger charge is 2.25. The van der Waals surface area contributed by atoms with Crippen LogP contribution in [0.2, 0.25) is 0 Å². The van der Waals surface area contributed by atoms with Gasteiger partial charge in [-0.2, -0.15) is 4.98 Å². The minimum atomic E-state index is -0.758. The van der Waals surface area contributed by atoms with Crippen molar-refractivity contribution in [3.8, 4) is 17.3 Å². The Morgan fingerprint density at radius 2 is 2.04 bits per heavy atom. The van der Waals surface area contributed by atoms with Crippen LogP contribution in [0.4, 0.5) is 0 Å². The number of aromatic nitrogens is 2. The Balaban J connectivity index is 2.00. The van der Waals surface area contributed by atoms with Gasteiger partial charge in [-0.1, -0.05) is 30.4 Å². The molecule has 0 saturated heterocycles. The highest BCUT2D eigenvalue weighted by atomic mass is 16.7. The first kappa shape index (κ1) is 19.5. The second-order valence-corrected chi connectivity index (χ2v) is 6.16. The van der Waals surface area contributed by atoms with E-state index < -0.39 is 6.04 Å². The lowest BCUT2D eigenvalue weighted by molar-refractivity contribution is -0.170. The molecular formula is C20H22N4O4.